The fraction of sp³-hybridized carbons (Fsp3) is 0.385. The molecule has 0 aliphatic carbocycles. The Balaban J connectivity index is 1.84. The number of hydrogen-bond acceptors (Lipinski definition) is 4. The van der Waals surface area contributed by atoms with Gasteiger partial charge in [-0.15, -0.1) is 0 Å². The maximum Gasteiger partial charge on any atom is 0.282 e. The van der Waals surface area contributed by atoms with Crippen LogP contribution in [0.25, 0.3) is 5.57 Å². The molecule has 1 fully saturated rings. The van der Waals surface area contributed by atoms with Gasteiger partial charge in [0, 0.05) is 32.9 Å². The van der Waals surface area contributed by atoms with E-state index in [2.05, 4.69) is 18.7 Å². The molecule has 2 aromatic rings. The van der Waals surface area contributed by atoms with Crippen LogP contribution in [0, 0.1) is 19.8 Å². The molecule has 31 heavy (non-hydrogen) atoms. The lowest BCUT2D eigenvalue weighted by atomic mass is 9.96. The van der Waals surface area contributed by atoms with Crippen LogP contribution in [-0.2, 0) is 9.59 Å². The van der Waals surface area contributed by atoms with Crippen molar-refractivity contribution in [2.45, 2.75) is 33.6 Å². The molecule has 2 aliphatic rings. The number of carbonyl (C=O) groups is 2. The minimum atomic E-state index is -0.239. The normalized spacial score (nSPS) is 19.5. The van der Waals surface area contributed by atoms with Crippen LogP contribution in [0.3, 0.4) is 0 Å². The smallest absolute Gasteiger partial charge is 0.282 e. The van der Waals surface area contributed by atoms with Crippen molar-refractivity contribution in [3.8, 4) is 0 Å². The van der Waals surface area contributed by atoms with Gasteiger partial charge in [0.2, 0.25) is 0 Å². The van der Waals surface area contributed by atoms with Gasteiger partial charge in [-0.1, -0.05) is 31.2 Å². The van der Waals surface area contributed by atoms with Gasteiger partial charge < -0.3 is 9.80 Å². The molecule has 0 saturated carbocycles. The number of aryl methyl sites for hydroxylation is 2. The molecule has 1 saturated heterocycles. The average Bonchev–Trinajstić information content (AvgIpc) is 3.00. The molecule has 2 heterocycles. The van der Waals surface area contributed by atoms with E-state index in [1.807, 2.05) is 68.4 Å². The quantitative estimate of drug-likeness (QED) is 0.693. The van der Waals surface area contributed by atoms with Crippen molar-refractivity contribution >= 4 is 28.8 Å². The van der Waals surface area contributed by atoms with Gasteiger partial charge in [-0.2, -0.15) is 0 Å². The van der Waals surface area contributed by atoms with Crippen LogP contribution in [0.2, 0.25) is 0 Å². The molecular formula is C26H31N3O2. The second kappa shape index (κ2) is 8.22. The minimum absolute atomic E-state index is 0.219. The number of carbonyl (C=O) groups excluding carboxylic acids is 2. The number of imide groups is 1. The molecule has 2 aromatic carbocycles. The minimum Gasteiger partial charge on any atom is -0.378 e. The number of piperidine rings is 1. The van der Waals surface area contributed by atoms with Crippen LogP contribution in [0.1, 0.15) is 36.5 Å². The van der Waals surface area contributed by atoms with Crippen molar-refractivity contribution in [2.24, 2.45) is 5.92 Å². The van der Waals surface area contributed by atoms with E-state index in [0.717, 1.165) is 42.7 Å². The molecule has 0 N–H and O–H groups in total. The number of rotatable bonds is 4. The van der Waals surface area contributed by atoms with E-state index < -0.39 is 0 Å². The first-order valence-electron chi connectivity index (χ1n) is 11.0. The Kier molecular flexibility index (Phi) is 5.61. The van der Waals surface area contributed by atoms with E-state index in [-0.39, 0.29) is 11.8 Å². The summed E-state index contributed by atoms with van der Waals surface area (Å²) >= 11 is 0. The van der Waals surface area contributed by atoms with E-state index in [1.165, 1.54) is 10.5 Å². The zero-order valence-corrected chi connectivity index (χ0v) is 19.1. The molecule has 2 aliphatic heterocycles. The third-order valence-corrected chi connectivity index (χ3v) is 6.43. The summed E-state index contributed by atoms with van der Waals surface area (Å²) in [6.07, 6.45) is 2.18. The third kappa shape index (κ3) is 3.85. The van der Waals surface area contributed by atoms with Crippen LogP contribution < -0.4 is 9.80 Å². The summed E-state index contributed by atoms with van der Waals surface area (Å²) in [7, 11) is 3.90. The van der Waals surface area contributed by atoms with Gasteiger partial charge in [0.05, 0.1) is 11.3 Å². The molecule has 1 unspecified atom stereocenters. The number of hydrogen-bond donors (Lipinski definition) is 0. The predicted molar refractivity (Wildman–Crippen MR) is 126 cm³/mol. The Hall–Kier alpha value is -3.08. The Morgan fingerprint density at radius 1 is 0.968 bits per heavy atom. The molecular weight excluding hydrogens is 386 g/mol. The first-order valence-corrected chi connectivity index (χ1v) is 11.0. The summed E-state index contributed by atoms with van der Waals surface area (Å²) in [6.45, 7) is 7.91. The van der Waals surface area contributed by atoms with Crippen LogP contribution in [0.4, 0.5) is 11.4 Å². The maximum atomic E-state index is 13.7. The molecule has 5 heteroatoms. The standard InChI is InChI=1S/C26H31N3O2/c1-17-8-7-13-28(16-17)24-23(20-12-11-18(2)19(3)14-20)25(30)29(26(24)31)22-10-6-9-21(15-22)27(4)5/h6,9-12,14-15,17H,7-8,13,16H2,1-5H3. The molecule has 162 valence electrons. The molecule has 1 atom stereocenters. The summed E-state index contributed by atoms with van der Waals surface area (Å²) in [5.41, 5.74) is 5.75. The van der Waals surface area contributed by atoms with E-state index in [4.69, 9.17) is 0 Å². The molecule has 0 bridgehead atoms. The van der Waals surface area contributed by atoms with E-state index in [0.29, 0.717) is 22.9 Å². The number of benzene rings is 2. The van der Waals surface area contributed by atoms with Crippen LogP contribution in [0.5, 0.6) is 0 Å². The Morgan fingerprint density at radius 3 is 2.42 bits per heavy atom. The zero-order valence-electron chi connectivity index (χ0n) is 19.1. The number of amides is 2. The lowest BCUT2D eigenvalue weighted by Gasteiger charge is -2.33. The number of anilines is 2. The van der Waals surface area contributed by atoms with E-state index in [9.17, 15) is 9.59 Å². The lowest BCUT2D eigenvalue weighted by Crippen LogP contribution is -2.39. The molecule has 2 amide bonds. The maximum absolute atomic E-state index is 13.7. The molecule has 0 spiro atoms. The second-order valence-electron chi connectivity index (χ2n) is 9.08. The van der Waals surface area contributed by atoms with Gasteiger partial charge in [-0.25, -0.2) is 4.90 Å². The number of likely N-dealkylation sites (tertiary alicyclic amines) is 1. The predicted octanol–water partition coefficient (Wildman–Crippen LogP) is 4.39. The summed E-state index contributed by atoms with van der Waals surface area (Å²) in [5, 5.41) is 0. The highest BCUT2D eigenvalue weighted by Crippen LogP contribution is 2.37. The summed E-state index contributed by atoms with van der Waals surface area (Å²) in [5.74, 6) is 0.0388. The van der Waals surface area contributed by atoms with Crippen molar-refractivity contribution in [3.63, 3.8) is 0 Å². The molecule has 5 nitrogen and oxygen atoms in total. The molecule has 0 aromatic heterocycles. The van der Waals surface area contributed by atoms with Crippen molar-refractivity contribution < 1.29 is 9.59 Å². The monoisotopic (exact) mass is 417 g/mol. The van der Waals surface area contributed by atoms with Crippen LogP contribution in [-0.4, -0.2) is 43.9 Å². The van der Waals surface area contributed by atoms with E-state index in [1.54, 1.807) is 0 Å². The molecule has 4 rings (SSSR count). The van der Waals surface area contributed by atoms with Gasteiger partial charge in [-0.3, -0.25) is 9.59 Å². The summed E-state index contributed by atoms with van der Waals surface area (Å²) in [6, 6.07) is 13.6. The van der Waals surface area contributed by atoms with Gasteiger partial charge in [0.15, 0.2) is 0 Å². The Labute approximate surface area is 184 Å². The van der Waals surface area contributed by atoms with Crippen molar-refractivity contribution in [1.29, 1.82) is 0 Å². The van der Waals surface area contributed by atoms with Crippen molar-refractivity contribution in [2.75, 3.05) is 37.0 Å². The van der Waals surface area contributed by atoms with Gasteiger partial charge in [0.1, 0.15) is 5.70 Å². The lowest BCUT2D eigenvalue weighted by molar-refractivity contribution is -0.120. The first kappa shape index (κ1) is 21.2. The van der Waals surface area contributed by atoms with Gasteiger partial charge in [-0.05, 0) is 67.5 Å². The topological polar surface area (TPSA) is 43.9 Å². The second-order valence-corrected chi connectivity index (χ2v) is 9.08. The first-order chi connectivity index (χ1) is 14.8. The highest BCUT2D eigenvalue weighted by Gasteiger charge is 2.43. The molecule has 0 radical (unpaired) electrons. The SMILES string of the molecule is Cc1ccc(C2=C(N3CCCC(C)C3)C(=O)N(c3cccc(N(C)C)c3)C2=O)cc1C. The van der Waals surface area contributed by atoms with Crippen molar-refractivity contribution in [1.82, 2.24) is 4.90 Å². The van der Waals surface area contributed by atoms with Crippen LogP contribution in [0.15, 0.2) is 48.2 Å². The Bertz CT molecular complexity index is 1070. The van der Waals surface area contributed by atoms with E-state index >= 15 is 0 Å². The summed E-state index contributed by atoms with van der Waals surface area (Å²) in [4.78, 5) is 32.9. The summed E-state index contributed by atoms with van der Waals surface area (Å²) < 4.78 is 0. The zero-order chi connectivity index (χ0) is 22.3. The Morgan fingerprint density at radius 2 is 1.74 bits per heavy atom. The average molecular weight is 418 g/mol. The fourth-order valence-electron chi connectivity index (χ4n) is 4.51. The van der Waals surface area contributed by atoms with Crippen molar-refractivity contribution in [3.05, 3.63) is 64.9 Å². The third-order valence-electron chi connectivity index (χ3n) is 6.43. The van der Waals surface area contributed by atoms with Gasteiger partial charge >= 0.3 is 0 Å². The highest BCUT2D eigenvalue weighted by atomic mass is 16.2. The fourth-order valence-corrected chi connectivity index (χ4v) is 4.51. The number of nitrogens with zero attached hydrogens (tertiary/aromatic N) is 3. The van der Waals surface area contributed by atoms with Gasteiger partial charge in [0.25, 0.3) is 11.8 Å². The largest absolute Gasteiger partial charge is 0.378 e. The highest BCUT2D eigenvalue weighted by molar-refractivity contribution is 6.45. The van der Waals surface area contributed by atoms with Crippen LogP contribution >= 0.6 is 0 Å².